The van der Waals surface area contributed by atoms with E-state index in [9.17, 15) is 28.0 Å². The highest BCUT2D eigenvalue weighted by Gasteiger charge is 2.28. The Morgan fingerprint density at radius 1 is 0.597 bits per heavy atom. The van der Waals surface area contributed by atoms with Crippen molar-refractivity contribution >= 4 is 63.9 Å². The molecule has 2 aliphatic heterocycles. The van der Waals surface area contributed by atoms with Gasteiger partial charge in [0, 0.05) is 110 Å². The first-order valence-electron chi connectivity index (χ1n) is 22.9. The summed E-state index contributed by atoms with van der Waals surface area (Å²) in [4.78, 5) is 69.0. The number of aromatic nitrogens is 2. The smallest absolute Gasteiger partial charge is 0.465 e. The predicted octanol–water partition coefficient (Wildman–Crippen LogP) is 6.56. The first kappa shape index (κ1) is 54.2. The Bertz CT molecular complexity index is 2740. The number of ether oxygens (including phenoxy) is 2. The van der Waals surface area contributed by atoms with Crippen molar-refractivity contribution in [3.63, 3.8) is 0 Å². The topological polar surface area (TPSA) is 172 Å². The zero-order chi connectivity index (χ0) is 51.7. The minimum Gasteiger partial charge on any atom is -0.465 e. The number of carbonyl (C=O) groups is 4. The molecular weight excluding hydrogens is 993 g/mol. The maximum atomic E-state index is 14.9. The molecule has 2 aliphatic rings. The number of carbonyl (C=O) groups excluding carboxylic acids is 4. The summed E-state index contributed by atoms with van der Waals surface area (Å²) in [6.45, 7) is 5.67. The van der Waals surface area contributed by atoms with E-state index in [2.05, 4.69) is 45.2 Å². The molecule has 0 atom stereocenters. The van der Waals surface area contributed by atoms with Gasteiger partial charge in [0.1, 0.15) is 11.6 Å². The van der Waals surface area contributed by atoms with Gasteiger partial charge in [0.2, 0.25) is 0 Å². The maximum Gasteiger partial charge on any atom is 0.490 e. The quantitative estimate of drug-likeness (QED) is 0.112. The number of urea groups is 2. The number of rotatable bonds is 10. The van der Waals surface area contributed by atoms with Gasteiger partial charge in [-0.3, -0.25) is 19.8 Å². The van der Waals surface area contributed by atoms with Gasteiger partial charge in [-0.05, 0) is 98.0 Å². The van der Waals surface area contributed by atoms with Crippen molar-refractivity contribution in [1.29, 1.82) is 0 Å². The van der Waals surface area contributed by atoms with Crippen LogP contribution in [-0.2, 0) is 22.6 Å². The van der Waals surface area contributed by atoms with Crippen LogP contribution >= 0.6 is 15.9 Å². The van der Waals surface area contributed by atoms with Gasteiger partial charge in [-0.15, -0.1) is 0 Å². The molecule has 2 fully saturated rings. The van der Waals surface area contributed by atoms with Gasteiger partial charge in [0.05, 0.1) is 38.4 Å². The van der Waals surface area contributed by atoms with Crippen LogP contribution in [0.1, 0.15) is 31.8 Å². The van der Waals surface area contributed by atoms with Crippen LogP contribution in [-0.4, -0.2) is 151 Å². The molecule has 0 aliphatic carbocycles. The summed E-state index contributed by atoms with van der Waals surface area (Å²) in [7, 11) is 5.14. The number of anilines is 2. The van der Waals surface area contributed by atoms with Crippen LogP contribution in [0, 0.1) is 11.6 Å². The van der Waals surface area contributed by atoms with Crippen LogP contribution in [0.2, 0.25) is 0 Å². The second-order valence-corrected chi connectivity index (χ2v) is 17.8. The molecule has 20 heteroatoms. The molecule has 2 N–H and O–H groups in total. The van der Waals surface area contributed by atoms with Crippen LogP contribution in [0.15, 0.2) is 138 Å². The van der Waals surface area contributed by atoms with Gasteiger partial charge < -0.3 is 39.1 Å². The molecule has 0 unspecified atom stereocenters. The molecule has 0 bridgehead atoms. The largest absolute Gasteiger partial charge is 0.490 e. The van der Waals surface area contributed by atoms with E-state index < -0.39 is 30.7 Å². The molecule has 2 aromatic heterocycles. The van der Waals surface area contributed by atoms with Crippen molar-refractivity contribution in [2.24, 2.45) is 0 Å². The number of halogens is 3. The van der Waals surface area contributed by atoms with Crippen molar-refractivity contribution < 1.29 is 47.5 Å². The Balaban J connectivity index is 0.000000202. The highest BCUT2D eigenvalue weighted by Crippen LogP contribution is 2.27. The summed E-state index contributed by atoms with van der Waals surface area (Å²) in [5.41, 5.74) is 4.58. The number of benzene rings is 4. The molecule has 6 aromatic rings. The van der Waals surface area contributed by atoms with Crippen molar-refractivity contribution in [2.45, 2.75) is 13.1 Å². The first-order chi connectivity index (χ1) is 34.6. The molecular formula is C52H56BBrF2N8O8. The summed E-state index contributed by atoms with van der Waals surface area (Å²) in [6.07, 6.45) is 6.48. The number of hydrogen-bond acceptors (Lipinski definition) is 12. The molecule has 376 valence electrons. The Hall–Kier alpha value is -7.10. The van der Waals surface area contributed by atoms with Crippen molar-refractivity contribution in [2.75, 3.05) is 90.5 Å². The number of piperazine rings is 2. The molecule has 16 nitrogen and oxygen atoms in total. The summed E-state index contributed by atoms with van der Waals surface area (Å²) >= 11 is 3.40. The van der Waals surface area contributed by atoms with Gasteiger partial charge in [-0.25, -0.2) is 28.0 Å². The Labute approximate surface area is 426 Å². The van der Waals surface area contributed by atoms with Crippen LogP contribution in [0.4, 0.5) is 29.7 Å². The van der Waals surface area contributed by atoms with Gasteiger partial charge in [-0.1, -0.05) is 52.3 Å². The standard InChI is InChI=1S/C26H27FN4O3.C21H23BrFN3O3.C5H6BNO2/c1-29-12-14-30(15-13-29)26(33)31(18-22-6-5-20(16-24(22)27)25(32)34-2)23-9-7-19(8-10-23)21-4-3-11-28-17-21;1-24-9-11-25(12-10-24)21(28)26(18-7-5-17(22)6-8-18)14-16-4-3-15(13-19(16)23)20(27)29-2;8-6(9)5-2-1-3-7-4-5/h3-11,16-17H,12-15,18H2,1-2H3;3-8,13H,9-12,14H2,1-2H3;1-4,8-9H. The van der Waals surface area contributed by atoms with E-state index in [0.717, 1.165) is 53.9 Å². The monoisotopic (exact) mass is 1050 g/mol. The van der Waals surface area contributed by atoms with Crippen molar-refractivity contribution in [3.05, 3.63) is 172 Å². The normalized spacial score (nSPS) is 13.6. The second kappa shape index (κ2) is 26.4. The second-order valence-electron chi connectivity index (χ2n) is 16.8. The lowest BCUT2D eigenvalue weighted by molar-refractivity contribution is 0.0591. The minimum atomic E-state index is -1.40. The zero-order valence-corrected chi connectivity index (χ0v) is 42.0. The fourth-order valence-electron chi connectivity index (χ4n) is 7.57. The molecule has 0 saturated carbocycles. The van der Waals surface area contributed by atoms with Gasteiger partial charge >= 0.3 is 31.1 Å². The molecule has 8 rings (SSSR count). The van der Waals surface area contributed by atoms with Crippen molar-refractivity contribution in [1.82, 2.24) is 29.6 Å². The van der Waals surface area contributed by atoms with Crippen LogP contribution < -0.4 is 15.3 Å². The van der Waals surface area contributed by atoms with E-state index >= 15 is 0 Å². The number of esters is 2. The lowest BCUT2D eigenvalue weighted by atomic mass is 9.82. The highest BCUT2D eigenvalue weighted by atomic mass is 79.9. The van der Waals surface area contributed by atoms with E-state index in [1.807, 2.05) is 74.8 Å². The lowest BCUT2D eigenvalue weighted by Crippen LogP contribution is -2.52. The van der Waals surface area contributed by atoms with E-state index in [1.165, 1.54) is 44.7 Å². The van der Waals surface area contributed by atoms with Crippen LogP contribution in [0.5, 0.6) is 0 Å². The summed E-state index contributed by atoms with van der Waals surface area (Å²) in [5, 5.41) is 17.1. The first-order valence-corrected chi connectivity index (χ1v) is 23.7. The Morgan fingerprint density at radius 3 is 1.39 bits per heavy atom. The number of pyridine rings is 2. The number of nitrogens with zero attached hydrogens (tertiary/aromatic N) is 8. The molecule has 4 heterocycles. The van der Waals surface area contributed by atoms with Gasteiger partial charge in [0.25, 0.3) is 0 Å². The molecule has 0 radical (unpaired) electrons. The molecule has 0 spiro atoms. The van der Waals surface area contributed by atoms with E-state index in [4.69, 9.17) is 10.0 Å². The van der Waals surface area contributed by atoms with Crippen molar-refractivity contribution in [3.8, 4) is 11.1 Å². The predicted molar refractivity (Wildman–Crippen MR) is 275 cm³/mol. The van der Waals surface area contributed by atoms with Crippen LogP contribution in [0.3, 0.4) is 0 Å². The molecule has 2 saturated heterocycles. The summed E-state index contributed by atoms with van der Waals surface area (Å²) in [5.74, 6) is -2.33. The average Bonchev–Trinajstić information content (AvgIpc) is 3.41. The zero-order valence-electron chi connectivity index (χ0n) is 40.4. The van der Waals surface area contributed by atoms with E-state index in [0.29, 0.717) is 54.1 Å². The SMILES string of the molecule is COC(=O)c1ccc(CN(C(=O)N2CCN(C)CC2)c2ccc(-c3cccnc3)cc2)c(F)c1.COC(=O)c1ccc(CN(C(=O)N2CCN(C)CC2)c2ccc(Br)cc2)c(F)c1.OB(O)c1cccnc1. The van der Waals surface area contributed by atoms with Crippen LogP contribution in [0.25, 0.3) is 11.1 Å². The fraction of sp³-hybridized carbons (Fsp3) is 0.269. The summed E-state index contributed by atoms with van der Waals surface area (Å²) in [6, 6.07) is 30.0. The van der Waals surface area contributed by atoms with Gasteiger partial charge in [0.15, 0.2) is 0 Å². The molecule has 4 amide bonds. The Kier molecular flexibility index (Phi) is 19.9. The van der Waals surface area contributed by atoms with E-state index in [-0.39, 0.29) is 36.3 Å². The Morgan fingerprint density at radius 2 is 1.03 bits per heavy atom. The van der Waals surface area contributed by atoms with E-state index in [1.54, 1.807) is 50.3 Å². The number of amides is 4. The molecule has 72 heavy (non-hydrogen) atoms. The lowest BCUT2D eigenvalue weighted by Gasteiger charge is -2.36. The maximum absolute atomic E-state index is 14.9. The summed E-state index contributed by atoms with van der Waals surface area (Å²) < 4.78 is 39.8. The third-order valence-electron chi connectivity index (χ3n) is 11.9. The number of hydrogen-bond donors (Lipinski definition) is 2. The fourth-order valence-corrected chi connectivity index (χ4v) is 7.84. The molecule has 4 aromatic carbocycles. The third-order valence-corrected chi connectivity index (χ3v) is 12.4. The third kappa shape index (κ3) is 15.0. The van der Waals surface area contributed by atoms with Gasteiger partial charge in [-0.2, -0.15) is 0 Å². The highest BCUT2D eigenvalue weighted by molar-refractivity contribution is 9.10. The number of likely N-dealkylation sites (N-methyl/N-ethyl adjacent to an activating group) is 2. The minimum absolute atomic E-state index is 0.0324. The average molecular weight is 1050 g/mol. The number of methoxy groups -OCH3 is 2.